The van der Waals surface area contributed by atoms with Crippen LogP contribution >= 0.6 is 0 Å². The molecule has 0 spiro atoms. The fraction of sp³-hybridized carbons (Fsp3) is 0.429. The third-order valence-corrected chi connectivity index (χ3v) is 3.54. The van der Waals surface area contributed by atoms with Crippen molar-refractivity contribution in [3.8, 4) is 0 Å². The molecule has 1 heterocycles. The molecule has 0 radical (unpaired) electrons. The first-order valence-corrected chi connectivity index (χ1v) is 6.90. The highest BCUT2D eigenvalue weighted by molar-refractivity contribution is 5.76. The molecule has 0 atom stereocenters. The van der Waals surface area contributed by atoms with Crippen LogP contribution in [0.3, 0.4) is 0 Å². The van der Waals surface area contributed by atoms with Gasteiger partial charge in [-0.2, -0.15) is 4.68 Å². The normalized spacial score (nSPS) is 14.7. The van der Waals surface area contributed by atoms with Crippen LogP contribution in [0.5, 0.6) is 0 Å². The van der Waals surface area contributed by atoms with E-state index in [4.69, 9.17) is 5.11 Å². The van der Waals surface area contributed by atoms with Gasteiger partial charge in [0.2, 0.25) is 0 Å². The third kappa shape index (κ3) is 3.25. The summed E-state index contributed by atoms with van der Waals surface area (Å²) in [5.41, 5.74) is 0.303. The van der Waals surface area contributed by atoms with Gasteiger partial charge in [-0.15, -0.1) is 5.10 Å². The minimum Gasteiger partial charge on any atom is -0.480 e. The van der Waals surface area contributed by atoms with Gasteiger partial charge >= 0.3 is 5.97 Å². The second-order valence-corrected chi connectivity index (χ2v) is 5.40. The molecule has 7 heteroatoms. The predicted molar refractivity (Wildman–Crippen MR) is 75.7 cm³/mol. The van der Waals surface area contributed by atoms with Crippen LogP contribution in [0.15, 0.2) is 29.1 Å². The van der Waals surface area contributed by atoms with E-state index in [2.05, 4.69) is 10.3 Å². The number of carboxylic acid groups (broad SMARTS) is 1. The molecule has 1 saturated carbocycles. The molecule has 0 amide bonds. The van der Waals surface area contributed by atoms with E-state index >= 15 is 0 Å². The van der Waals surface area contributed by atoms with Gasteiger partial charge in [-0.3, -0.25) is 14.5 Å². The Labute approximate surface area is 120 Å². The molecule has 1 aliphatic rings. The summed E-state index contributed by atoms with van der Waals surface area (Å²) >= 11 is 0. The Morgan fingerprint density at radius 2 is 2.14 bits per heavy atom. The smallest absolute Gasteiger partial charge is 0.317 e. The number of carboxylic acids is 1. The van der Waals surface area contributed by atoms with Crippen LogP contribution in [-0.4, -0.2) is 44.1 Å². The topological polar surface area (TPSA) is 88.3 Å². The van der Waals surface area contributed by atoms with Crippen molar-refractivity contribution in [3.63, 3.8) is 0 Å². The molecule has 110 valence electrons. The van der Waals surface area contributed by atoms with Crippen LogP contribution in [0.2, 0.25) is 0 Å². The van der Waals surface area contributed by atoms with Gasteiger partial charge in [0.05, 0.1) is 18.6 Å². The standard InChI is InChI=1S/C14H16N4O3/c19-13(20)8-17(7-10-5-6-10)9-18-14(21)11-3-1-2-4-12(11)15-16-18/h1-4,10H,5-9H2,(H,19,20). The number of nitrogens with zero attached hydrogens (tertiary/aromatic N) is 4. The number of rotatable bonds is 6. The van der Waals surface area contributed by atoms with Crippen LogP contribution in [0.25, 0.3) is 10.9 Å². The van der Waals surface area contributed by atoms with Gasteiger partial charge in [0.15, 0.2) is 0 Å². The number of fused-ring (bicyclic) bond motifs is 1. The zero-order valence-corrected chi connectivity index (χ0v) is 11.5. The first-order valence-electron chi connectivity index (χ1n) is 6.90. The maximum Gasteiger partial charge on any atom is 0.317 e. The molecule has 1 aliphatic carbocycles. The van der Waals surface area contributed by atoms with Crippen molar-refractivity contribution in [1.82, 2.24) is 19.9 Å². The molecule has 1 aromatic heterocycles. The predicted octanol–water partition coefficient (Wildman–Crippen LogP) is 0.546. The van der Waals surface area contributed by atoms with Crippen LogP contribution in [0.1, 0.15) is 12.8 Å². The molecular weight excluding hydrogens is 272 g/mol. The highest BCUT2D eigenvalue weighted by Gasteiger charge is 2.25. The summed E-state index contributed by atoms with van der Waals surface area (Å²) in [5, 5.41) is 17.4. The van der Waals surface area contributed by atoms with Crippen LogP contribution in [0.4, 0.5) is 0 Å². The second kappa shape index (κ2) is 5.61. The second-order valence-electron chi connectivity index (χ2n) is 5.40. The zero-order valence-electron chi connectivity index (χ0n) is 11.5. The molecule has 2 aromatic rings. The monoisotopic (exact) mass is 288 g/mol. The SMILES string of the molecule is O=C(O)CN(CC1CC1)Cn1nnc2ccccc2c1=O. The van der Waals surface area contributed by atoms with E-state index in [9.17, 15) is 9.59 Å². The molecule has 1 N–H and O–H groups in total. The average Bonchev–Trinajstić information content (AvgIpc) is 3.25. The molecule has 21 heavy (non-hydrogen) atoms. The van der Waals surface area contributed by atoms with Crippen LogP contribution in [0, 0.1) is 5.92 Å². The fourth-order valence-corrected chi connectivity index (χ4v) is 2.33. The van der Waals surface area contributed by atoms with Crippen molar-refractivity contribution in [2.45, 2.75) is 19.5 Å². The summed E-state index contributed by atoms with van der Waals surface area (Å²) in [6, 6.07) is 7.00. The third-order valence-electron chi connectivity index (χ3n) is 3.54. The number of hydrogen-bond donors (Lipinski definition) is 1. The number of hydrogen-bond acceptors (Lipinski definition) is 5. The van der Waals surface area contributed by atoms with Crippen molar-refractivity contribution >= 4 is 16.9 Å². The maximum atomic E-state index is 12.3. The first-order chi connectivity index (χ1) is 10.1. The molecule has 1 aromatic carbocycles. The zero-order chi connectivity index (χ0) is 14.8. The summed E-state index contributed by atoms with van der Waals surface area (Å²) in [4.78, 5) is 25.0. The van der Waals surface area contributed by atoms with E-state index in [1.165, 1.54) is 4.68 Å². The van der Waals surface area contributed by atoms with Gasteiger partial charge in [0, 0.05) is 6.54 Å². The minimum absolute atomic E-state index is 0.0998. The number of carbonyl (C=O) groups is 1. The van der Waals surface area contributed by atoms with E-state index in [-0.39, 0.29) is 18.8 Å². The van der Waals surface area contributed by atoms with Gasteiger partial charge in [-0.25, -0.2) is 0 Å². The highest BCUT2D eigenvalue weighted by atomic mass is 16.4. The molecule has 0 bridgehead atoms. The lowest BCUT2D eigenvalue weighted by Crippen LogP contribution is -2.38. The Bertz CT molecular complexity index is 723. The summed E-state index contributed by atoms with van der Waals surface area (Å²) in [6.45, 7) is 0.726. The summed E-state index contributed by atoms with van der Waals surface area (Å²) < 4.78 is 1.23. The van der Waals surface area contributed by atoms with Gasteiger partial charge in [0.1, 0.15) is 5.52 Å². The van der Waals surface area contributed by atoms with Crippen LogP contribution < -0.4 is 5.56 Å². The van der Waals surface area contributed by atoms with Gasteiger partial charge in [-0.1, -0.05) is 17.3 Å². The molecular formula is C14H16N4O3. The molecule has 3 rings (SSSR count). The van der Waals surface area contributed by atoms with Crippen LogP contribution in [-0.2, 0) is 11.5 Å². The fourth-order valence-electron chi connectivity index (χ4n) is 2.33. The van der Waals surface area contributed by atoms with Gasteiger partial charge in [-0.05, 0) is 30.9 Å². The Hall–Kier alpha value is -2.28. The molecule has 1 fully saturated rings. The lowest BCUT2D eigenvalue weighted by atomic mass is 10.2. The van der Waals surface area contributed by atoms with Crippen molar-refractivity contribution < 1.29 is 9.90 Å². The van der Waals surface area contributed by atoms with Crippen molar-refractivity contribution in [2.24, 2.45) is 5.92 Å². The largest absolute Gasteiger partial charge is 0.480 e. The molecule has 0 saturated heterocycles. The van der Waals surface area contributed by atoms with E-state index in [0.29, 0.717) is 23.4 Å². The van der Waals surface area contributed by atoms with Crippen molar-refractivity contribution in [3.05, 3.63) is 34.6 Å². The van der Waals surface area contributed by atoms with Crippen molar-refractivity contribution in [1.29, 1.82) is 0 Å². The highest BCUT2D eigenvalue weighted by Crippen LogP contribution is 2.29. The van der Waals surface area contributed by atoms with E-state index in [1.54, 1.807) is 29.2 Å². The van der Waals surface area contributed by atoms with E-state index in [1.807, 2.05) is 0 Å². The summed E-state index contributed by atoms with van der Waals surface area (Å²) in [6.07, 6.45) is 2.24. The van der Waals surface area contributed by atoms with Gasteiger partial charge in [0.25, 0.3) is 5.56 Å². The number of benzene rings is 1. The summed E-state index contributed by atoms with van der Waals surface area (Å²) in [5.74, 6) is -0.370. The minimum atomic E-state index is -0.905. The average molecular weight is 288 g/mol. The Kier molecular flexibility index (Phi) is 3.66. The molecule has 0 aliphatic heterocycles. The van der Waals surface area contributed by atoms with Gasteiger partial charge < -0.3 is 5.11 Å². The quantitative estimate of drug-likeness (QED) is 0.835. The van der Waals surface area contributed by atoms with E-state index in [0.717, 1.165) is 12.8 Å². The lowest BCUT2D eigenvalue weighted by Gasteiger charge is -2.20. The number of aliphatic carboxylic acids is 1. The number of aromatic nitrogens is 3. The Morgan fingerprint density at radius 3 is 2.86 bits per heavy atom. The Balaban J connectivity index is 1.86. The molecule has 0 unspecified atom stereocenters. The lowest BCUT2D eigenvalue weighted by molar-refractivity contribution is -0.138. The maximum absolute atomic E-state index is 12.3. The molecule has 7 nitrogen and oxygen atoms in total. The van der Waals surface area contributed by atoms with Crippen molar-refractivity contribution in [2.75, 3.05) is 13.1 Å². The summed E-state index contributed by atoms with van der Waals surface area (Å²) in [7, 11) is 0. The Morgan fingerprint density at radius 1 is 1.38 bits per heavy atom. The first kappa shape index (κ1) is 13.7. The van der Waals surface area contributed by atoms with E-state index < -0.39 is 5.97 Å².